The number of methoxy groups -OCH3 is 1. The van der Waals surface area contributed by atoms with E-state index in [0.29, 0.717) is 17.6 Å². The average molecular weight is 255 g/mol. The zero-order chi connectivity index (χ0) is 13.2. The van der Waals surface area contributed by atoms with Crippen LogP contribution in [0.4, 0.5) is 0 Å². The Morgan fingerprint density at radius 1 is 1.28 bits per heavy atom. The van der Waals surface area contributed by atoms with Crippen LogP contribution in [0.1, 0.15) is 52.9 Å². The molecule has 2 fully saturated rings. The Labute approximate surface area is 112 Å². The molecule has 0 radical (unpaired) electrons. The van der Waals surface area contributed by atoms with Crippen LogP contribution in [0.5, 0.6) is 0 Å². The van der Waals surface area contributed by atoms with Crippen molar-refractivity contribution in [3.05, 3.63) is 0 Å². The Kier molecular flexibility index (Phi) is 4.35. The van der Waals surface area contributed by atoms with E-state index in [0.717, 1.165) is 13.2 Å². The van der Waals surface area contributed by atoms with E-state index in [2.05, 4.69) is 26.1 Å². The molecule has 0 aliphatic heterocycles. The molecule has 2 rings (SSSR count). The summed E-state index contributed by atoms with van der Waals surface area (Å²) < 4.78 is 11.4. The quantitative estimate of drug-likeness (QED) is 0.791. The van der Waals surface area contributed by atoms with Crippen molar-refractivity contribution in [3.8, 4) is 0 Å². The number of rotatable bonds is 6. The van der Waals surface area contributed by atoms with Gasteiger partial charge in [0, 0.05) is 31.7 Å². The minimum absolute atomic E-state index is 0.0729. The molecule has 2 atom stereocenters. The molecule has 0 aromatic rings. The third-order valence-electron chi connectivity index (χ3n) is 5.01. The Hall–Kier alpha value is -0.120. The Balaban J connectivity index is 1.90. The highest BCUT2D eigenvalue weighted by Crippen LogP contribution is 2.54. The van der Waals surface area contributed by atoms with Gasteiger partial charge in [0.05, 0.1) is 11.7 Å². The Morgan fingerprint density at radius 2 is 1.94 bits per heavy atom. The molecule has 2 saturated carbocycles. The van der Waals surface area contributed by atoms with Gasteiger partial charge in [0.1, 0.15) is 0 Å². The first-order chi connectivity index (χ1) is 8.54. The lowest BCUT2D eigenvalue weighted by molar-refractivity contribution is -0.133. The molecule has 0 aromatic heterocycles. The molecule has 2 aliphatic rings. The van der Waals surface area contributed by atoms with E-state index in [-0.39, 0.29) is 5.60 Å². The second kappa shape index (κ2) is 5.48. The summed E-state index contributed by atoms with van der Waals surface area (Å²) in [7, 11) is 1.79. The maximum Gasteiger partial charge on any atom is 0.0746 e. The van der Waals surface area contributed by atoms with Crippen molar-refractivity contribution in [1.29, 1.82) is 0 Å². The van der Waals surface area contributed by atoms with Gasteiger partial charge in [0.25, 0.3) is 0 Å². The first-order valence-electron chi connectivity index (χ1n) is 7.44. The van der Waals surface area contributed by atoms with Gasteiger partial charge in [-0.05, 0) is 40.0 Å². The normalized spacial score (nSPS) is 30.7. The van der Waals surface area contributed by atoms with E-state index in [1.54, 1.807) is 7.11 Å². The third-order valence-corrected chi connectivity index (χ3v) is 5.01. The highest BCUT2D eigenvalue weighted by Gasteiger charge is 2.56. The fraction of sp³-hybridized carbons (Fsp3) is 1.00. The first kappa shape index (κ1) is 14.3. The van der Waals surface area contributed by atoms with Gasteiger partial charge in [0.15, 0.2) is 0 Å². The fourth-order valence-electron chi connectivity index (χ4n) is 3.61. The molecule has 1 spiro atoms. The van der Waals surface area contributed by atoms with E-state index in [1.165, 1.54) is 32.1 Å². The van der Waals surface area contributed by atoms with Crippen molar-refractivity contribution < 1.29 is 9.47 Å². The third kappa shape index (κ3) is 2.59. The minimum atomic E-state index is -0.0729. The Bertz CT molecular complexity index is 272. The summed E-state index contributed by atoms with van der Waals surface area (Å²) in [4.78, 5) is 0. The highest BCUT2D eigenvalue weighted by molar-refractivity contribution is 5.10. The van der Waals surface area contributed by atoms with E-state index in [9.17, 15) is 0 Å². The summed E-state index contributed by atoms with van der Waals surface area (Å²) in [5, 5.41) is 3.73. The van der Waals surface area contributed by atoms with Crippen LogP contribution in [0.2, 0.25) is 0 Å². The van der Waals surface area contributed by atoms with Gasteiger partial charge >= 0.3 is 0 Å². The largest absolute Gasteiger partial charge is 0.378 e. The molecule has 2 aliphatic carbocycles. The van der Waals surface area contributed by atoms with Crippen LogP contribution in [0, 0.1) is 5.41 Å². The zero-order valence-electron chi connectivity index (χ0n) is 12.4. The number of hydrogen-bond acceptors (Lipinski definition) is 3. The molecule has 0 aromatic carbocycles. The van der Waals surface area contributed by atoms with Gasteiger partial charge in [-0.3, -0.25) is 0 Å². The van der Waals surface area contributed by atoms with E-state index >= 15 is 0 Å². The lowest BCUT2D eigenvalue weighted by atomic mass is 9.60. The average Bonchev–Trinajstić information content (AvgIpc) is 2.85. The zero-order valence-corrected chi connectivity index (χ0v) is 12.4. The second-order valence-corrected chi connectivity index (χ2v) is 6.52. The molecule has 2 unspecified atom stereocenters. The first-order valence-corrected chi connectivity index (χ1v) is 7.44. The van der Waals surface area contributed by atoms with Gasteiger partial charge in [-0.1, -0.05) is 12.8 Å². The van der Waals surface area contributed by atoms with Gasteiger partial charge in [-0.15, -0.1) is 0 Å². The summed E-state index contributed by atoms with van der Waals surface area (Å²) in [5.74, 6) is 0. The van der Waals surface area contributed by atoms with Gasteiger partial charge in [0.2, 0.25) is 0 Å². The summed E-state index contributed by atoms with van der Waals surface area (Å²) in [5.41, 5.74) is 0.357. The minimum Gasteiger partial charge on any atom is -0.378 e. The number of nitrogens with one attached hydrogen (secondary N) is 1. The van der Waals surface area contributed by atoms with E-state index < -0.39 is 0 Å². The van der Waals surface area contributed by atoms with Crippen LogP contribution in [0.25, 0.3) is 0 Å². The predicted molar refractivity (Wildman–Crippen MR) is 73.8 cm³/mol. The van der Waals surface area contributed by atoms with Crippen molar-refractivity contribution in [3.63, 3.8) is 0 Å². The maximum atomic E-state index is 5.93. The van der Waals surface area contributed by atoms with Crippen LogP contribution in [-0.2, 0) is 9.47 Å². The molecule has 1 N–H and O–H groups in total. The molecule has 0 bridgehead atoms. The number of ether oxygens (including phenoxy) is 2. The monoisotopic (exact) mass is 255 g/mol. The molecule has 0 amide bonds. The summed E-state index contributed by atoms with van der Waals surface area (Å²) in [6.45, 7) is 8.16. The molecular formula is C15H29NO2. The van der Waals surface area contributed by atoms with Crippen LogP contribution < -0.4 is 5.32 Å². The van der Waals surface area contributed by atoms with Crippen LogP contribution in [0.3, 0.4) is 0 Å². The lowest BCUT2D eigenvalue weighted by Crippen LogP contribution is -2.64. The molecule has 3 heteroatoms. The lowest BCUT2D eigenvalue weighted by Gasteiger charge is -2.54. The van der Waals surface area contributed by atoms with Crippen molar-refractivity contribution in [2.75, 3.05) is 20.3 Å². The van der Waals surface area contributed by atoms with Crippen LogP contribution in [-0.4, -0.2) is 38.0 Å². The fourth-order valence-corrected chi connectivity index (χ4v) is 3.61. The molecular weight excluding hydrogens is 226 g/mol. The maximum absolute atomic E-state index is 5.93. The molecule has 18 heavy (non-hydrogen) atoms. The van der Waals surface area contributed by atoms with E-state index in [1.807, 2.05) is 0 Å². The molecule has 0 heterocycles. The summed E-state index contributed by atoms with van der Waals surface area (Å²) >= 11 is 0. The van der Waals surface area contributed by atoms with Gasteiger partial charge in [-0.25, -0.2) is 0 Å². The number of hydrogen-bond donors (Lipinski definition) is 1. The summed E-state index contributed by atoms with van der Waals surface area (Å²) in [6.07, 6.45) is 7.08. The van der Waals surface area contributed by atoms with Crippen molar-refractivity contribution >= 4 is 0 Å². The van der Waals surface area contributed by atoms with Crippen molar-refractivity contribution in [2.24, 2.45) is 5.41 Å². The van der Waals surface area contributed by atoms with Crippen LogP contribution >= 0.6 is 0 Å². The molecule has 3 nitrogen and oxygen atoms in total. The van der Waals surface area contributed by atoms with Crippen molar-refractivity contribution in [2.45, 2.75) is 70.6 Å². The second-order valence-electron chi connectivity index (χ2n) is 6.52. The molecule has 0 saturated heterocycles. The smallest absolute Gasteiger partial charge is 0.0746 e. The SMILES string of the molecule is CCOC1CC(NCC(C)(C)OC)C12CCCC2. The topological polar surface area (TPSA) is 30.5 Å². The highest BCUT2D eigenvalue weighted by atomic mass is 16.5. The standard InChI is InChI=1S/C15H29NO2/c1-5-18-13-10-12(15(13)8-6-7-9-15)16-11-14(2,3)17-4/h12-13,16H,5-11H2,1-4H3. The predicted octanol–water partition coefficient (Wildman–Crippen LogP) is 2.74. The van der Waals surface area contributed by atoms with E-state index in [4.69, 9.17) is 9.47 Å². The van der Waals surface area contributed by atoms with Crippen molar-refractivity contribution in [1.82, 2.24) is 5.32 Å². The molecule has 106 valence electrons. The van der Waals surface area contributed by atoms with Gasteiger partial charge < -0.3 is 14.8 Å². The van der Waals surface area contributed by atoms with Gasteiger partial charge in [-0.2, -0.15) is 0 Å². The summed E-state index contributed by atoms with van der Waals surface area (Å²) in [6, 6.07) is 0.631. The Morgan fingerprint density at radius 3 is 2.50 bits per heavy atom. The van der Waals surface area contributed by atoms with Crippen LogP contribution in [0.15, 0.2) is 0 Å².